The minimum absolute atomic E-state index is 0.00197. The molecule has 0 amide bonds. The number of aromatic nitrogens is 2. The second-order valence-corrected chi connectivity index (χ2v) is 6.63. The van der Waals surface area contributed by atoms with Crippen LogP contribution in [0.5, 0.6) is 11.5 Å². The van der Waals surface area contributed by atoms with Crippen molar-refractivity contribution in [2.45, 2.75) is 32.6 Å². The van der Waals surface area contributed by atoms with Crippen LogP contribution in [0.25, 0.3) is 0 Å². The van der Waals surface area contributed by atoms with Crippen LogP contribution in [0, 0.1) is 34.1 Å². The van der Waals surface area contributed by atoms with Crippen LogP contribution in [-0.2, 0) is 12.8 Å². The zero-order chi connectivity index (χ0) is 22.0. The number of rotatable bonds is 8. The molecular weight excluding hydrogens is 400 g/mol. The van der Waals surface area contributed by atoms with Gasteiger partial charge >= 0.3 is 11.4 Å². The van der Waals surface area contributed by atoms with Gasteiger partial charge in [0.15, 0.2) is 22.9 Å². The van der Waals surface area contributed by atoms with Gasteiger partial charge in [0.1, 0.15) is 0 Å². The number of nitro groups is 2. The van der Waals surface area contributed by atoms with Gasteiger partial charge in [-0.15, -0.1) is 0 Å². The smallest absolute Gasteiger partial charge is 0.334 e. The Balaban J connectivity index is 2.06. The fourth-order valence-corrected chi connectivity index (χ4v) is 3.26. The molecule has 2 heterocycles. The van der Waals surface area contributed by atoms with Crippen LogP contribution < -0.4 is 4.74 Å². The van der Waals surface area contributed by atoms with Gasteiger partial charge in [-0.2, -0.15) is 0 Å². The molecular formula is C18H18N4O8. The summed E-state index contributed by atoms with van der Waals surface area (Å²) in [6.45, 7) is 2.91. The molecule has 0 aliphatic carbocycles. The molecule has 2 aromatic heterocycles. The fraction of sp³-hybridized carbons (Fsp3) is 0.333. The standard InChI is InChI=1S/C18H18N4O8/c1-9-17(21(24)25)15(29-19-9)7-12(11-4-5-13(23)14(6-11)28-3)8-16-18(22(26)27)10(2)20-30-16/h4-6,12,23H,7-8H2,1-3H3. The Morgan fingerprint density at radius 2 is 1.53 bits per heavy atom. The van der Waals surface area contributed by atoms with Crippen molar-refractivity contribution in [1.82, 2.24) is 10.3 Å². The van der Waals surface area contributed by atoms with E-state index in [1.807, 2.05) is 0 Å². The van der Waals surface area contributed by atoms with E-state index in [-0.39, 0.29) is 58.6 Å². The third kappa shape index (κ3) is 3.92. The number of ether oxygens (including phenoxy) is 1. The van der Waals surface area contributed by atoms with E-state index in [0.717, 1.165) is 0 Å². The lowest BCUT2D eigenvalue weighted by Crippen LogP contribution is -2.09. The summed E-state index contributed by atoms with van der Waals surface area (Å²) >= 11 is 0. The fourth-order valence-electron chi connectivity index (χ4n) is 3.26. The maximum atomic E-state index is 11.4. The van der Waals surface area contributed by atoms with Crippen LogP contribution in [-0.4, -0.2) is 32.4 Å². The van der Waals surface area contributed by atoms with E-state index in [0.29, 0.717) is 5.56 Å². The van der Waals surface area contributed by atoms with Crippen LogP contribution in [0.4, 0.5) is 11.4 Å². The lowest BCUT2D eigenvalue weighted by atomic mass is 9.89. The molecule has 0 saturated carbocycles. The predicted molar refractivity (Wildman–Crippen MR) is 101 cm³/mol. The predicted octanol–water partition coefficient (Wildman–Crippen LogP) is 3.38. The topological polar surface area (TPSA) is 168 Å². The number of phenolic OH excluding ortho intramolecular Hbond substituents is 1. The van der Waals surface area contributed by atoms with Gasteiger partial charge in [0.2, 0.25) is 11.5 Å². The summed E-state index contributed by atoms with van der Waals surface area (Å²) in [4.78, 5) is 21.6. The van der Waals surface area contributed by atoms with Gasteiger partial charge in [-0.25, -0.2) is 0 Å². The first kappa shape index (κ1) is 20.8. The molecule has 0 fully saturated rings. The maximum Gasteiger partial charge on any atom is 0.334 e. The molecule has 0 unspecified atom stereocenters. The molecule has 158 valence electrons. The molecule has 0 bridgehead atoms. The van der Waals surface area contributed by atoms with Gasteiger partial charge in [-0.1, -0.05) is 16.4 Å². The zero-order valence-corrected chi connectivity index (χ0v) is 16.3. The maximum absolute atomic E-state index is 11.4. The van der Waals surface area contributed by atoms with Gasteiger partial charge in [0.25, 0.3) is 0 Å². The SMILES string of the molecule is COc1cc(C(Cc2onc(C)c2[N+](=O)[O-])Cc2onc(C)c2[N+](=O)[O-])ccc1O. The van der Waals surface area contributed by atoms with Crippen LogP contribution in [0.15, 0.2) is 27.2 Å². The van der Waals surface area contributed by atoms with Crippen molar-refractivity contribution in [1.29, 1.82) is 0 Å². The van der Waals surface area contributed by atoms with E-state index >= 15 is 0 Å². The Hall–Kier alpha value is -3.96. The number of hydrogen-bond donors (Lipinski definition) is 1. The summed E-state index contributed by atoms with van der Waals surface area (Å²) < 4.78 is 15.4. The first-order valence-electron chi connectivity index (χ1n) is 8.78. The molecule has 0 atom stereocenters. The number of aryl methyl sites for hydroxylation is 2. The van der Waals surface area contributed by atoms with E-state index in [1.165, 1.54) is 27.0 Å². The summed E-state index contributed by atoms with van der Waals surface area (Å²) in [7, 11) is 1.38. The molecule has 3 aromatic rings. The van der Waals surface area contributed by atoms with Gasteiger partial charge in [0, 0.05) is 12.8 Å². The molecule has 1 N–H and O–H groups in total. The third-order valence-corrected chi connectivity index (χ3v) is 4.70. The second-order valence-electron chi connectivity index (χ2n) is 6.63. The van der Waals surface area contributed by atoms with Gasteiger partial charge in [-0.05, 0) is 37.5 Å². The average molecular weight is 418 g/mol. The van der Waals surface area contributed by atoms with Crippen molar-refractivity contribution in [3.63, 3.8) is 0 Å². The lowest BCUT2D eigenvalue weighted by molar-refractivity contribution is -0.386. The molecule has 0 aliphatic heterocycles. The minimum Gasteiger partial charge on any atom is -0.504 e. The van der Waals surface area contributed by atoms with Crippen LogP contribution in [0.3, 0.4) is 0 Å². The number of nitrogens with zero attached hydrogens (tertiary/aromatic N) is 4. The number of hydrogen-bond acceptors (Lipinski definition) is 10. The van der Waals surface area contributed by atoms with E-state index in [9.17, 15) is 25.3 Å². The number of methoxy groups -OCH3 is 1. The monoisotopic (exact) mass is 418 g/mol. The van der Waals surface area contributed by atoms with Crippen molar-refractivity contribution < 1.29 is 28.7 Å². The average Bonchev–Trinajstić information content (AvgIpc) is 3.24. The zero-order valence-electron chi connectivity index (χ0n) is 16.3. The number of benzene rings is 1. The van der Waals surface area contributed by atoms with E-state index in [1.54, 1.807) is 12.1 Å². The van der Waals surface area contributed by atoms with Crippen LogP contribution in [0.2, 0.25) is 0 Å². The van der Waals surface area contributed by atoms with Crippen molar-refractivity contribution in [3.8, 4) is 11.5 Å². The molecule has 0 radical (unpaired) electrons. The first-order valence-corrected chi connectivity index (χ1v) is 8.78. The molecule has 12 heteroatoms. The highest BCUT2D eigenvalue weighted by Gasteiger charge is 2.32. The minimum atomic E-state index is -0.587. The van der Waals surface area contributed by atoms with Crippen LogP contribution >= 0.6 is 0 Å². The molecule has 0 aliphatic rings. The highest BCUT2D eigenvalue weighted by Crippen LogP contribution is 2.37. The summed E-state index contributed by atoms with van der Waals surface area (Å²) in [5, 5.41) is 40.0. The van der Waals surface area contributed by atoms with Crippen LogP contribution in [0.1, 0.15) is 34.4 Å². The van der Waals surface area contributed by atoms with Crippen molar-refractivity contribution in [3.05, 3.63) is 66.9 Å². The Morgan fingerprint density at radius 3 is 1.97 bits per heavy atom. The summed E-state index contributed by atoms with van der Waals surface area (Å²) in [6.07, 6.45) is 0.00394. The van der Waals surface area contributed by atoms with Gasteiger partial charge in [-0.3, -0.25) is 20.2 Å². The Kier molecular flexibility index (Phi) is 5.67. The van der Waals surface area contributed by atoms with E-state index in [2.05, 4.69) is 10.3 Å². The highest BCUT2D eigenvalue weighted by molar-refractivity contribution is 5.46. The molecule has 3 rings (SSSR count). The summed E-state index contributed by atoms with van der Waals surface area (Å²) in [5.41, 5.74) is 0.330. The number of aromatic hydroxyl groups is 1. The molecule has 30 heavy (non-hydrogen) atoms. The van der Waals surface area contributed by atoms with Crippen molar-refractivity contribution in [2.24, 2.45) is 0 Å². The molecule has 0 spiro atoms. The third-order valence-electron chi connectivity index (χ3n) is 4.70. The normalized spacial score (nSPS) is 11.1. The molecule has 1 aromatic carbocycles. The summed E-state index contributed by atoms with van der Waals surface area (Å²) in [6, 6.07) is 4.54. The quantitative estimate of drug-likeness (QED) is 0.423. The highest BCUT2D eigenvalue weighted by atomic mass is 16.6. The largest absolute Gasteiger partial charge is 0.504 e. The Labute approximate surface area is 169 Å². The van der Waals surface area contributed by atoms with Gasteiger partial charge in [0.05, 0.1) is 17.0 Å². The molecule has 12 nitrogen and oxygen atoms in total. The van der Waals surface area contributed by atoms with Gasteiger partial charge < -0.3 is 18.9 Å². The van der Waals surface area contributed by atoms with E-state index < -0.39 is 15.8 Å². The van der Waals surface area contributed by atoms with E-state index in [4.69, 9.17) is 13.8 Å². The second kappa shape index (κ2) is 8.19. The molecule has 0 saturated heterocycles. The van der Waals surface area contributed by atoms with Crippen molar-refractivity contribution in [2.75, 3.05) is 7.11 Å². The lowest BCUT2D eigenvalue weighted by Gasteiger charge is -2.16. The number of phenols is 1. The summed E-state index contributed by atoms with van der Waals surface area (Å²) in [5.74, 6) is -0.426. The Morgan fingerprint density at radius 1 is 1.03 bits per heavy atom. The van der Waals surface area contributed by atoms with Crippen molar-refractivity contribution >= 4 is 11.4 Å². The Bertz CT molecular complexity index is 1040. The first-order chi connectivity index (χ1) is 14.2.